The molecule has 0 spiro atoms. The van der Waals surface area contributed by atoms with Crippen LogP contribution in [0.2, 0.25) is 0 Å². The molecule has 1 atom stereocenters. The van der Waals surface area contributed by atoms with Gasteiger partial charge in [-0.15, -0.1) is 0 Å². The maximum absolute atomic E-state index is 12.9. The first-order valence-electron chi connectivity index (χ1n) is 6.17. The highest BCUT2D eigenvalue weighted by atomic mass is 19.1. The predicted octanol–water partition coefficient (Wildman–Crippen LogP) is 2.46. The summed E-state index contributed by atoms with van der Waals surface area (Å²) in [6, 6.07) is 6.24. The zero-order chi connectivity index (χ0) is 14.0. The van der Waals surface area contributed by atoms with Gasteiger partial charge < -0.3 is 9.63 Å². The fourth-order valence-corrected chi connectivity index (χ4v) is 1.84. The number of hydrogen-bond acceptors (Lipinski definition) is 4. The van der Waals surface area contributed by atoms with Crippen molar-refractivity contribution in [3.8, 4) is 0 Å². The maximum atomic E-state index is 12.9. The standard InChI is InChI=1S/C14H17FN2O2/c1-9(18)8-12-16-13(17-19-12)14(2,3)10-4-6-11(15)7-5-10/h4-7,9,18H,8H2,1-3H3. The summed E-state index contributed by atoms with van der Waals surface area (Å²) in [5, 5.41) is 13.2. The van der Waals surface area contributed by atoms with Gasteiger partial charge in [0.15, 0.2) is 5.82 Å². The van der Waals surface area contributed by atoms with Gasteiger partial charge in [-0.05, 0) is 38.5 Å². The summed E-state index contributed by atoms with van der Waals surface area (Å²) in [4.78, 5) is 4.29. The number of aromatic nitrogens is 2. The molecule has 1 N–H and O–H groups in total. The average molecular weight is 264 g/mol. The van der Waals surface area contributed by atoms with Crippen LogP contribution >= 0.6 is 0 Å². The van der Waals surface area contributed by atoms with Crippen molar-refractivity contribution >= 4 is 0 Å². The Balaban J connectivity index is 2.28. The van der Waals surface area contributed by atoms with Crippen LogP contribution in [-0.4, -0.2) is 21.4 Å². The molecule has 2 rings (SSSR count). The fourth-order valence-electron chi connectivity index (χ4n) is 1.84. The Morgan fingerprint density at radius 3 is 2.53 bits per heavy atom. The first-order valence-corrected chi connectivity index (χ1v) is 6.17. The van der Waals surface area contributed by atoms with E-state index >= 15 is 0 Å². The summed E-state index contributed by atoms with van der Waals surface area (Å²) in [5.74, 6) is 0.650. The summed E-state index contributed by atoms with van der Waals surface area (Å²) in [7, 11) is 0. The summed E-state index contributed by atoms with van der Waals surface area (Å²) in [5.41, 5.74) is 0.423. The van der Waals surface area contributed by atoms with Gasteiger partial charge in [-0.25, -0.2) is 4.39 Å². The van der Waals surface area contributed by atoms with Crippen LogP contribution in [0.4, 0.5) is 4.39 Å². The summed E-state index contributed by atoms with van der Waals surface area (Å²) in [6.07, 6.45) is -0.200. The highest BCUT2D eigenvalue weighted by Gasteiger charge is 2.29. The summed E-state index contributed by atoms with van der Waals surface area (Å²) in [6.45, 7) is 5.55. The fraction of sp³-hybridized carbons (Fsp3) is 0.429. The molecule has 1 aromatic heterocycles. The molecule has 5 heteroatoms. The average Bonchev–Trinajstić information content (AvgIpc) is 2.78. The van der Waals surface area contributed by atoms with E-state index in [1.165, 1.54) is 12.1 Å². The van der Waals surface area contributed by atoms with Crippen LogP contribution < -0.4 is 0 Å². The van der Waals surface area contributed by atoms with E-state index in [0.717, 1.165) is 5.56 Å². The van der Waals surface area contributed by atoms with Crippen LogP contribution in [0.25, 0.3) is 0 Å². The Morgan fingerprint density at radius 1 is 1.32 bits per heavy atom. The van der Waals surface area contributed by atoms with Gasteiger partial charge in [-0.3, -0.25) is 0 Å². The van der Waals surface area contributed by atoms with Crippen LogP contribution in [0.5, 0.6) is 0 Å². The van der Waals surface area contributed by atoms with E-state index in [1.807, 2.05) is 13.8 Å². The van der Waals surface area contributed by atoms with Gasteiger partial charge in [0.1, 0.15) is 5.82 Å². The molecule has 0 bridgehead atoms. The van der Waals surface area contributed by atoms with E-state index in [2.05, 4.69) is 10.1 Å². The lowest BCUT2D eigenvalue weighted by molar-refractivity contribution is 0.181. The Hall–Kier alpha value is -1.75. The van der Waals surface area contributed by atoms with E-state index < -0.39 is 11.5 Å². The van der Waals surface area contributed by atoms with Gasteiger partial charge in [-0.2, -0.15) is 4.98 Å². The lowest BCUT2D eigenvalue weighted by Crippen LogP contribution is -2.21. The molecular weight excluding hydrogens is 247 g/mol. The molecular formula is C14H17FN2O2. The van der Waals surface area contributed by atoms with Crippen LogP contribution in [0.15, 0.2) is 28.8 Å². The van der Waals surface area contributed by atoms with Crippen molar-refractivity contribution < 1.29 is 14.0 Å². The van der Waals surface area contributed by atoms with Crippen LogP contribution in [0.3, 0.4) is 0 Å². The van der Waals surface area contributed by atoms with E-state index in [4.69, 9.17) is 4.52 Å². The second-order valence-electron chi connectivity index (χ2n) is 5.20. The molecule has 0 aliphatic heterocycles. The summed E-state index contributed by atoms with van der Waals surface area (Å²) >= 11 is 0. The maximum Gasteiger partial charge on any atom is 0.229 e. The van der Waals surface area contributed by atoms with Crippen LogP contribution in [0, 0.1) is 5.82 Å². The second-order valence-corrected chi connectivity index (χ2v) is 5.20. The predicted molar refractivity (Wildman–Crippen MR) is 68.2 cm³/mol. The van der Waals surface area contributed by atoms with Gasteiger partial charge in [0.2, 0.25) is 5.89 Å². The first kappa shape index (κ1) is 13.7. The lowest BCUT2D eigenvalue weighted by atomic mass is 9.84. The number of aliphatic hydroxyl groups excluding tert-OH is 1. The molecule has 102 valence electrons. The molecule has 0 fully saturated rings. The molecule has 2 aromatic rings. The van der Waals surface area contributed by atoms with Crippen molar-refractivity contribution in [1.29, 1.82) is 0 Å². The van der Waals surface area contributed by atoms with Crippen molar-refractivity contribution in [2.75, 3.05) is 0 Å². The smallest absolute Gasteiger partial charge is 0.229 e. The monoisotopic (exact) mass is 264 g/mol. The highest BCUT2D eigenvalue weighted by molar-refractivity contribution is 5.30. The van der Waals surface area contributed by atoms with E-state index in [-0.39, 0.29) is 5.82 Å². The highest BCUT2D eigenvalue weighted by Crippen LogP contribution is 2.29. The lowest BCUT2D eigenvalue weighted by Gasteiger charge is -2.20. The van der Waals surface area contributed by atoms with Crippen molar-refractivity contribution in [3.63, 3.8) is 0 Å². The van der Waals surface area contributed by atoms with Gasteiger partial charge in [0.05, 0.1) is 17.9 Å². The third kappa shape index (κ3) is 2.98. The van der Waals surface area contributed by atoms with Gasteiger partial charge >= 0.3 is 0 Å². The minimum Gasteiger partial charge on any atom is -0.393 e. The molecule has 1 unspecified atom stereocenters. The van der Waals surface area contributed by atoms with E-state index in [9.17, 15) is 9.50 Å². The van der Waals surface area contributed by atoms with E-state index in [1.54, 1.807) is 19.1 Å². The third-order valence-corrected chi connectivity index (χ3v) is 3.06. The molecule has 19 heavy (non-hydrogen) atoms. The minimum absolute atomic E-state index is 0.276. The normalized spacial score (nSPS) is 13.5. The van der Waals surface area contributed by atoms with E-state index in [0.29, 0.717) is 18.1 Å². The molecule has 1 aromatic carbocycles. The SMILES string of the molecule is CC(O)Cc1nc(C(C)(C)c2ccc(F)cc2)no1. The Bertz CT molecular complexity index is 547. The Kier molecular flexibility index (Phi) is 3.66. The number of aliphatic hydroxyl groups is 1. The number of nitrogens with zero attached hydrogens (tertiary/aromatic N) is 2. The molecule has 1 heterocycles. The zero-order valence-corrected chi connectivity index (χ0v) is 11.2. The number of benzene rings is 1. The van der Waals surface area contributed by atoms with Gasteiger partial charge in [0, 0.05) is 0 Å². The Labute approximate surface area is 111 Å². The summed E-state index contributed by atoms with van der Waals surface area (Å²) < 4.78 is 18.1. The van der Waals surface area contributed by atoms with Crippen molar-refractivity contribution in [1.82, 2.24) is 10.1 Å². The van der Waals surface area contributed by atoms with Crippen LogP contribution in [0.1, 0.15) is 38.0 Å². The van der Waals surface area contributed by atoms with Gasteiger partial charge in [0.25, 0.3) is 0 Å². The molecule has 0 saturated heterocycles. The van der Waals surface area contributed by atoms with Crippen molar-refractivity contribution in [2.45, 2.75) is 38.7 Å². The Morgan fingerprint density at radius 2 is 1.95 bits per heavy atom. The topological polar surface area (TPSA) is 59.2 Å². The van der Waals surface area contributed by atoms with Crippen molar-refractivity contribution in [3.05, 3.63) is 47.4 Å². The number of hydrogen-bond donors (Lipinski definition) is 1. The molecule has 0 saturated carbocycles. The molecule has 0 aliphatic rings. The third-order valence-electron chi connectivity index (χ3n) is 3.06. The van der Waals surface area contributed by atoms with Crippen LogP contribution in [-0.2, 0) is 11.8 Å². The quantitative estimate of drug-likeness (QED) is 0.921. The molecule has 4 nitrogen and oxygen atoms in total. The minimum atomic E-state index is -0.526. The number of rotatable bonds is 4. The first-order chi connectivity index (χ1) is 8.89. The second kappa shape index (κ2) is 5.09. The molecule has 0 radical (unpaired) electrons. The number of halogens is 1. The van der Waals surface area contributed by atoms with Crippen molar-refractivity contribution in [2.24, 2.45) is 0 Å². The zero-order valence-electron chi connectivity index (χ0n) is 11.2. The largest absolute Gasteiger partial charge is 0.393 e. The molecule has 0 amide bonds. The van der Waals surface area contributed by atoms with Gasteiger partial charge in [-0.1, -0.05) is 17.3 Å². The molecule has 0 aliphatic carbocycles.